The molecule has 1 saturated carbocycles. The van der Waals surface area contributed by atoms with Crippen molar-refractivity contribution >= 4 is 17.3 Å². The smallest absolute Gasteiger partial charge is 0.146 e. The topological polar surface area (TPSA) is 15.3 Å². The lowest BCUT2D eigenvalue weighted by molar-refractivity contribution is 0.357. The summed E-state index contributed by atoms with van der Waals surface area (Å²) in [5.41, 5.74) is 0.659. The number of anilines is 1. The first-order valence-corrected chi connectivity index (χ1v) is 7.52. The van der Waals surface area contributed by atoms with E-state index in [0.717, 1.165) is 25.4 Å². The third kappa shape index (κ3) is 2.72. The van der Waals surface area contributed by atoms with Gasteiger partial charge in [-0.1, -0.05) is 18.5 Å². The van der Waals surface area contributed by atoms with Crippen molar-refractivity contribution in [2.75, 3.05) is 18.0 Å². The summed E-state index contributed by atoms with van der Waals surface area (Å²) in [5.74, 6) is 0.613. The summed E-state index contributed by atoms with van der Waals surface area (Å²) >= 11 is 6.03. The molecule has 1 aliphatic carbocycles. The number of nitrogens with one attached hydrogen (secondary N) is 1. The van der Waals surface area contributed by atoms with Gasteiger partial charge in [-0.2, -0.15) is 0 Å². The van der Waals surface area contributed by atoms with Gasteiger partial charge < -0.3 is 10.2 Å². The molecule has 2 atom stereocenters. The third-order valence-electron chi connectivity index (χ3n) is 4.33. The zero-order chi connectivity index (χ0) is 13.4. The van der Waals surface area contributed by atoms with Crippen LogP contribution in [0.1, 0.15) is 26.2 Å². The summed E-state index contributed by atoms with van der Waals surface area (Å²) in [6.45, 7) is 3.98. The Kier molecular flexibility index (Phi) is 3.68. The molecule has 19 heavy (non-hydrogen) atoms. The zero-order valence-corrected chi connectivity index (χ0v) is 12.0. The normalized spacial score (nSPS) is 27.6. The van der Waals surface area contributed by atoms with E-state index in [1.54, 1.807) is 12.1 Å². The van der Waals surface area contributed by atoms with Gasteiger partial charge in [0.2, 0.25) is 0 Å². The average Bonchev–Trinajstić information content (AvgIpc) is 3.25. The van der Waals surface area contributed by atoms with E-state index in [4.69, 9.17) is 11.6 Å². The molecule has 3 rings (SSSR count). The maximum absolute atomic E-state index is 14.1. The average molecular weight is 283 g/mol. The van der Waals surface area contributed by atoms with Gasteiger partial charge in [0.15, 0.2) is 0 Å². The number of rotatable bonds is 3. The molecule has 1 heterocycles. The molecule has 4 heteroatoms. The highest BCUT2D eigenvalue weighted by molar-refractivity contribution is 6.30. The fourth-order valence-electron chi connectivity index (χ4n) is 3.00. The Hall–Kier alpha value is -0.800. The number of hydrogen-bond donors (Lipinski definition) is 1. The highest BCUT2D eigenvalue weighted by Gasteiger charge is 2.37. The molecule has 1 aromatic carbocycles. The van der Waals surface area contributed by atoms with Crippen molar-refractivity contribution in [3.05, 3.63) is 29.0 Å². The second-order valence-corrected chi connectivity index (χ2v) is 6.10. The molecule has 1 aliphatic heterocycles. The third-order valence-corrected chi connectivity index (χ3v) is 4.56. The van der Waals surface area contributed by atoms with E-state index in [1.165, 1.54) is 18.9 Å². The van der Waals surface area contributed by atoms with Crippen LogP contribution in [0.2, 0.25) is 5.02 Å². The minimum Gasteiger partial charge on any atom is -0.363 e. The Labute approximate surface area is 118 Å². The second kappa shape index (κ2) is 5.29. The molecule has 2 unspecified atom stereocenters. The van der Waals surface area contributed by atoms with E-state index in [0.29, 0.717) is 22.8 Å². The van der Waals surface area contributed by atoms with Crippen LogP contribution in [0.25, 0.3) is 0 Å². The quantitative estimate of drug-likeness (QED) is 0.913. The lowest BCUT2D eigenvalue weighted by Crippen LogP contribution is -2.57. The van der Waals surface area contributed by atoms with Gasteiger partial charge in [-0.05, 0) is 43.4 Å². The van der Waals surface area contributed by atoms with Crippen molar-refractivity contribution in [1.29, 1.82) is 0 Å². The predicted octanol–water partition coefficient (Wildman–Crippen LogP) is 3.45. The molecule has 2 aliphatic rings. The lowest BCUT2D eigenvalue weighted by Gasteiger charge is -2.42. The van der Waals surface area contributed by atoms with Gasteiger partial charge in [-0.3, -0.25) is 0 Å². The minimum atomic E-state index is -0.167. The molecule has 1 saturated heterocycles. The number of nitrogens with zero attached hydrogens (tertiary/aromatic N) is 1. The molecule has 1 aromatic rings. The second-order valence-electron chi connectivity index (χ2n) is 5.66. The summed E-state index contributed by atoms with van der Waals surface area (Å²) in [4.78, 5) is 2.21. The number of benzene rings is 1. The summed E-state index contributed by atoms with van der Waals surface area (Å²) in [6, 6.07) is 5.69. The van der Waals surface area contributed by atoms with Crippen LogP contribution in [-0.4, -0.2) is 25.2 Å². The first kappa shape index (κ1) is 13.2. The van der Waals surface area contributed by atoms with E-state index in [2.05, 4.69) is 17.1 Å². The first-order valence-electron chi connectivity index (χ1n) is 7.14. The van der Waals surface area contributed by atoms with Crippen LogP contribution in [0.5, 0.6) is 0 Å². The molecular formula is C15H20ClFN2. The number of hydrogen-bond acceptors (Lipinski definition) is 2. The fourth-order valence-corrected chi connectivity index (χ4v) is 3.17. The van der Waals surface area contributed by atoms with Crippen molar-refractivity contribution in [3.63, 3.8) is 0 Å². The summed E-state index contributed by atoms with van der Waals surface area (Å²) in [7, 11) is 0. The molecule has 0 bridgehead atoms. The van der Waals surface area contributed by atoms with Crippen LogP contribution in [0.3, 0.4) is 0 Å². The Balaban J connectivity index is 1.87. The van der Waals surface area contributed by atoms with Crippen molar-refractivity contribution in [2.45, 2.75) is 38.3 Å². The van der Waals surface area contributed by atoms with Gasteiger partial charge in [0.05, 0.1) is 5.69 Å². The SMILES string of the molecule is CCC1CNC(C2CC2)CN1c1cc(Cl)ccc1F. The van der Waals surface area contributed by atoms with Gasteiger partial charge in [0, 0.05) is 30.2 Å². The van der Waals surface area contributed by atoms with E-state index in [9.17, 15) is 4.39 Å². The van der Waals surface area contributed by atoms with Gasteiger partial charge in [-0.25, -0.2) is 4.39 Å². The Bertz CT molecular complexity index is 461. The standard InChI is InChI=1S/C15H20ClFN2/c1-2-12-8-18-14(10-3-4-10)9-19(12)15-7-11(16)5-6-13(15)17/h5-7,10,12,14,18H,2-4,8-9H2,1H3. The van der Waals surface area contributed by atoms with E-state index in [1.807, 2.05) is 0 Å². The number of halogens is 2. The van der Waals surface area contributed by atoms with Gasteiger partial charge in [0.1, 0.15) is 5.82 Å². The highest BCUT2D eigenvalue weighted by Crippen LogP contribution is 2.36. The maximum Gasteiger partial charge on any atom is 0.146 e. The van der Waals surface area contributed by atoms with Crippen LogP contribution in [0.4, 0.5) is 10.1 Å². The van der Waals surface area contributed by atoms with Gasteiger partial charge in [-0.15, -0.1) is 0 Å². The minimum absolute atomic E-state index is 0.167. The molecule has 1 N–H and O–H groups in total. The Morgan fingerprint density at radius 2 is 2.21 bits per heavy atom. The molecular weight excluding hydrogens is 263 g/mol. The van der Waals surface area contributed by atoms with Crippen LogP contribution in [0.15, 0.2) is 18.2 Å². The highest BCUT2D eigenvalue weighted by atomic mass is 35.5. The summed E-state index contributed by atoms with van der Waals surface area (Å²) in [5, 5.41) is 4.22. The molecule has 104 valence electrons. The van der Waals surface area contributed by atoms with Crippen molar-refractivity contribution in [2.24, 2.45) is 5.92 Å². The van der Waals surface area contributed by atoms with Crippen molar-refractivity contribution in [1.82, 2.24) is 5.32 Å². The van der Waals surface area contributed by atoms with Crippen molar-refractivity contribution < 1.29 is 4.39 Å². The first-order chi connectivity index (χ1) is 9.19. The summed E-state index contributed by atoms with van der Waals surface area (Å²) < 4.78 is 14.1. The van der Waals surface area contributed by atoms with Crippen LogP contribution < -0.4 is 10.2 Å². The molecule has 0 amide bonds. The predicted molar refractivity (Wildman–Crippen MR) is 77.3 cm³/mol. The molecule has 0 radical (unpaired) electrons. The van der Waals surface area contributed by atoms with E-state index < -0.39 is 0 Å². The molecule has 2 nitrogen and oxygen atoms in total. The van der Waals surface area contributed by atoms with Crippen LogP contribution in [-0.2, 0) is 0 Å². The number of piperazine rings is 1. The van der Waals surface area contributed by atoms with E-state index >= 15 is 0 Å². The van der Waals surface area contributed by atoms with Crippen molar-refractivity contribution in [3.8, 4) is 0 Å². The van der Waals surface area contributed by atoms with Gasteiger partial charge in [0.25, 0.3) is 0 Å². The lowest BCUT2D eigenvalue weighted by atomic mass is 10.0. The van der Waals surface area contributed by atoms with Gasteiger partial charge >= 0.3 is 0 Å². The monoisotopic (exact) mass is 282 g/mol. The largest absolute Gasteiger partial charge is 0.363 e. The zero-order valence-electron chi connectivity index (χ0n) is 11.2. The Morgan fingerprint density at radius 3 is 2.89 bits per heavy atom. The van der Waals surface area contributed by atoms with Crippen LogP contribution in [0, 0.1) is 11.7 Å². The molecule has 2 fully saturated rings. The Morgan fingerprint density at radius 1 is 1.42 bits per heavy atom. The van der Waals surface area contributed by atoms with E-state index in [-0.39, 0.29) is 5.82 Å². The fraction of sp³-hybridized carbons (Fsp3) is 0.600. The molecule has 0 aromatic heterocycles. The van der Waals surface area contributed by atoms with Crippen LogP contribution >= 0.6 is 11.6 Å². The summed E-state index contributed by atoms with van der Waals surface area (Å²) in [6.07, 6.45) is 3.62. The molecule has 0 spiro atoms. The maximum atomic E-state index is 14.1.